The minimum Gasteiger partial charge on any atom is -0.456 e. The molecule has 77 heavy (non-hydrogen) atoms. The Kier molecular flexibility index (Phi) is 23.9. The zero-order valence-electron chi connectivity index (χ0n) is 47.2. The molecule has 3 fully saturated rings. The molecular weight excluding hydrogens is 983 g/mol. The topological polar surface area (TPSA) is 253 Å². The Bertz CT molecular complexity index is 2270. The van der Waals surface area contributed by atoms with Gasteiger partial charge in [-0.2, -0.15) is 0 Å². The van der Waals surface area contributed by atoms with Crippen LogP contribution in [-0.2, 0) is 44.7 Å². The van der Waals surface area contributed by atoms with Gasteiger partial charge in [0.15, 0.2) is 0 Å². The number of amides is 4. The predicted octanol–water partition coefficient (Wildman–Crippen LogP) is 5.70. The first kappa shape index (κ1) is 62.8. The molecule has 0 radical (unpaired) electrons. The Labute approximate surface area is 457 Å². The number of benzene rings is 1. The lowest BCUT2D eigenvalue weighted by Gasteiger charge is -2.56. The maximum absolute atomic E-state index is 14.5. The summed E-state index contributed by atoms with van der Waals surface area (Å²) in [6, 6.07) is 6.01. The number of hydrogen-bond acceptors (Lipinski definition) is 13. The number of Topliss-reactive ketones (excluding diaryl/α,β-unsaturated/α-hetero) is 1. The summed E-state index contributed by atoms with van der Waals surface area (Å²) in [7, 11) is 0. The van der Waals surface area contributed by atoms with Crippen molar-refractivity contribution in [2.75, 3.05) is 6.54 Å². The second-order valence-corrected chi connectivity index (χ2v) is 23.0. The summed E-state index contributed by atoms with van der Waals surface area (Å²) in [5, 5.41) is 55.9. The molecule has 0 saturated carbocycles. The molecule has 428 valence electrons. The van der Waals surface area contributed by atoms with E-state index in [2.05, 4.69) is 28.3 Å². The number of piperidine rings is 1. The van der Waals surface area contributed by atoms with Crippen LogP contribution in [0.2, 0.25) is 0 Å². The highest BCUT2D eigenvalue weighted by molar-refractivity contribution is 5.93. The van der Waals surface area contributed by atoms with Gasteiger partial charge in [0.1, 0.15) is 35.7 Å². The molecule has 1 aromatic carbocycles. The number of ketones is 1. The molecule has 17 atom stereocenters. The standard InChI is InChI=1S/C60H91N5O12/c1-11-44-32-38(6)60(63-55(44)71)42(10)53(69)41(9)51(77-60)34-49(68)36(4)22-15-12-16-23-37(5)50-28-20-14-19-27-48(67)40(8)54(70)45(30-29-39(7)66)56(72)62-52(35(2)3)57(73)61-47(33-43-24-17-13-18-25-43)58(74)65-31-21-26-46(64-65)59(75)76-50/h12-14,16-20,23-25,27,35-36,38,40-42,44-54,64,67-70H,11,15,21-22,26,28-34H2,1-10H3,(H,61,73)(H,62,72)(H,63,71)/b16-12+,20-14-,27-19-,37-23+/t36-,38-,40-,41-,42-,44-,45+,46-,47-,48-,49-,50-,51-,52-,53-,54+,60+/m0/s1. The van der Waals surface area contributed by atoms with Gasteiger partial charge in [0.25, 0.3) is 5.91 Å². The van der Waals surface area contributed by atoms with Crippen LogP contribution in [0.3, 0.4) is 0 Å². The van der Waals surface area contributed by atoms with Crippen LogP contribution in [0.1, 0.15) is 139 Å². The predicted molar refractivity (Wildman–Crippen MR) is 294 cm³/mol. The van der Waals surface area contributed by atoms with Gasteiger partial charge in [0, 0.05) is 61.8 Å². The number of hydrogen-bond donors (Lipinski definition) is 8. The molecule has 0 unspecified atom stereocenters. The number of esters is 1. The lowest BCUT2D eigenvalue weighted by molar-refractivity contribution is -0.267. The van der Waals surface area contributed by atoms with Gasteiger partial charge in [-0.15, -0.1) is 0 Å². The molecule has 4 aliphatic rings. The second-order valence-electron chi connectivity index (χ2n) is 23.0. The number of allylic oxidation sites excluding steroid dienone is 5. The number of aliphatic hydroxyl groups excluding tert-OH is 4. The summed E-state index contributed by atoms with van der Waals surface area (Å²) in [6.45, 7) is 18.5. The lowest BCUT2D eigenvalue weighted by atomic mass is 9.69. The third kappa shape index (κ3) is 16.7. The number of hydrazine groups is 1. The van der Waals surface area contributed by atoms with Crippen LogP contribution >= 0.6 is 0 Å². The summed E-state index contributed by atoms with van der Waals surface area (Å²) in [5.41, 5.74) is 3.57. The maximum Gasteiger partial charge on any atom is 0.325 e. The molecular formula is C60H91N5O12. The molecule has 1 spiro atoms. The van der Waals surface area contributed by atoms with Crippen molar-refractivity contribution >= 4 is 35.4 Å². The zero-order valence-corrected chi connectivity index (χ0v) is 47.2. The van der Waals surface area contributed by atoms with Crippen LogP contribution in [0.25, 0.3) is 0 Å². The number of carbonyl (C=O) groups excluding carboxylic acids is 6. The molecule has 8 N–H and O–H groups in total. The van der Waals surface area contributed by atoms with E-state index in [0.29, 0.717) is 38.5 Å². The lowest BCUT2D eigenvalue weighted by Crippen LogP contribution is -2.71. The average Bonchev–Trinajstić information content (AvgIpc) is 3.40. The Morgan fingerprint density at radius 3 is 2.31 bits per heavy atom. The number of aliphatic hydroxyl groups is 4. The first-order valence-electron chi connectivity index (χ1n) is 28.3. The van der Waals surface area contributed by atoms with Crippen molar-refractivity contribution in [3.8, 4) is 0 Å². The van der Waals surface area contributed by atoms with Gasteiger partial charge in [-0.3, -0.25) is 29.0 Å². The van der Waals surface area contributed by atoms with Crippen LogP contribution in [0.4, 0.5) is 0 Å². The highest BCUT2D eigenvalue weighted by Crippen LogP contribution is 2.46. The molecule has 0 aromatic heterocycles. The van der Waals surface area contributed by atoms with Gasteiger partial charge in [-0.25, -0.2) is 5.43 Å². The van der Waals surface area contributed by atoms with E-state index in [1.807, 2.05) is 83.2 Å². The molecule has 17 heteroatoms. The molecule has 3 saturated heterocycles. The van der Waals surface area contributed by atoms with Gasteiger partial charge >= 0.3 is 5.97 Å². The largest absolute Gasteiger partial charge is 0.456 e. The third-order valence-electron chi connectivity index (χ3n) is 16.8. The first-order chi connectivity index (χ1) is 36.5. The first-order valence-corrected chi connectivity index (χ1v) is 28.3. The maximum atomic E-state index is 14.5. The number of carbonyl (C=O) groups is 6. The van der Waals surface area contributed by atoms with Crippen molar-refractivity contribution < 1.29 is 58.7 Å². The van der Waals surface area contributed by atoms with E-state index in [-0.39, 0.29) is 73.5 Å². The number of nitrogens with one attached hydrogen (secondary N) is 4. The molecule has 4 heterocycles. The van der Waals surface area contributed by atoms with Crippen molar-refractivity contribution in [3.05, 3.63) is 84.0 Å². The minimum absolute atomic E-state index is 0.0159. The molecule has 4 aliphatic heterocycles. The molecule has 17 nitrogen and oxygen atoms in total. The summed E-state index contributed by atoms with van der Waals surface area (Å²) < 4.78 is 12.9. The van der Waals surface area contributed by atoms with Gasteiger partial charge in [0.2, 0.25) is 17.7 Å². The van der Waals surface area contributed by atoms with Crippen molar-refractivity contribution in [1.82, 2.24) is 26.4 Å². The van der Waals surface area contributed by atoms with Crippen molar-refractivity contribution in [3.63, 3.8) is 0 Å². The fourth-order valence-electron chi connectivity index (χ4n) is 11.3. The Morgan fingerprint density at radius 2 is 1.64 bits per heavy atom. The Morgan fingerprint density at radius 1 is 0.922 bits per heavy atom. The van der Waals surface area contributed by atoms with Crippen molar-refractivity contribution in [1.29, 1.82) is 0 Å². The summed E-state index contributed by atoms with van der Waals surface area (Å²) >= 11 is 0. The number of ether oxygens (including phenoxy) is 2. The van der Waals surface area contributed by atoms with Crippen molar-refractivity contribution in [2.24, 2.45) is 47.3 Å². The Hall–Kier alpha value is -5.04. The van der Waals surface area contributed by atoms with Crippen LogP contribution < -0.4 is 21.4 Å². The fraction of sp³-hybridized carbons (Fsp3) is 0.667. The van der Waals surface area contributed by atoms with Crippen LogP contribution in [0.15, 0.2) is 78.4 Å². The molecule has 1 aromatic rings. The van der Waals surface area contributed by atoms with E-state index in [4.69, 9.17) is 9.47 Å². The quantitative estimate of drug-likeness (QED) is 0.0776. The molecule has 2 bridgehead atoms. The van der Waals surface area contributed by atoms with Crippen molar-refractivity contribution in [2.45, 2.75) is 200 Å². The van der Waals surface area contributed by atoms with E-state index in [0.717, 1.165) is 17.6 Å². The third-order valence-corrected chi connectivity index (χ3v) is 16.8. The van der Waals surface area contributed by atoms with Gasteiger partial charge in [0.05, 0.1) is 36.4 Å². The van der Waals surface area contributed by atoms with E-state index in [1.165, 1.54) is 18.0 Å². The van der Waals surface area contributed by atoms with E-state index < -0.39 is 102 Å². The smallest absolute Gasteiger partial charge is 0.325 e. The van der Waals surface area contributed by atoms with Gasteiger partial charge in [-0.1, -0.05) is 128 Å². The highest BCUT2D eigenvalue weighted by atomic mass is 16.5. The number of rotatable bonds is 15. The average molecular weight is 1070 g/mol. The number of cyclic esters (lactones) is 1. The van der Waals surface area contributed by atoms with E-state index >= 15 is 0 Å². The summed E-state index contributed by atoms with van der Waals surface area (Å²) in [6.07, 6.45) is 11.2. The zero-order chi connectivity index (χ0) is 56.7. The Balaban J connectivity index is 1.34. The van der Waals surface area contributed by atoms with E-state index in [9.17, 15) is 49.2 Å². The summed E-state index contributed by atoms with van der Waals surface area (Å²) in [4.78, 5) is 82.1. The van der Waals surface area contributed by atoms with E-state index in [1.54, 1.807) is 39.0 Å². The number of nitrogens with zero attached hydrogens (tertiary/aromatic N) is 1. The highest BCUT2D eigenvalue weighted by Gasteiger charge is 2.57. The van der Waals surface area contributed by atoms with Gasteiger partial charge in [-0.05, 0) is 81.8 Å². The molecule has 5 rings (SSSR count). The molecule has 4 amide bonds. The fourth-order valence-corrected chi connectivity index (χ4v) is 11.3. The normalized spacial score (nSPS) is 35.2. The second kappa shape index (κ2) is 29.3. The van der Waals surface area contributed by atoms with Crippen LogP contribution in [-0.4, -0.2) is 128 Å². The summed E-state index contributed by atoms with van der Waals surface area (Å²) in [5.74, 6) is -5.92. The molecule has 0 aliphatic carbocycles. The van der Waals surface area contributed by atoms with Crippen LogP contribution in [0, 0.1) is 47.3 Å². The number of fused-ring (bicyclic) bond motifs is 2. The van der Waals surface area contributed by atoms with Crippen LogP contribution in [0.5, 0.6) is 0 Å². The van der Waals surface area contributed by atoms with Gasteiger partial charge < -0.3 is 50.6 Å². The minimum atomic E-state index is -1.41. The monoisotopic (exact) mass is 1070 g/mol. The SMILES string of the molecule is CC[C@H]1C[C@H](C)[C@@]2(NC1=O)O[C@@H](C[C@H](O)[C@@H](C)CC/C=C/C=C(\C)[C@@H]1C/C=C\C=C/[C@H](O)[C@H](C)[C@@H](O)[C@@H](CCC(C)=O)C(=O)N[C@@H](C(C)C)C(=O)N[C@@H](Cc3ccccc3)C(=O)N3CCC[C@H](N3)C(=O)O1)[C@H](C)[C@H](O)[C@@H]2C.